The fraction of sp³-hybridized carbons (Fsp3) is 0.444. The molecule has 2 atom stereocenters. The molecule has 0 spiro atoms. The molecule has 1 N–H and O–H groups in total. The van der Waals surface area contributed by atoms with E-state index in [1.54, 1.807) is 17.0 Å². The van der Waals surface area contributed by atoms with Gasteiger partial charge in [-0.15, -0.1) is 5.10 Å². The van der Waals surface area contributed by atoms with Gasteiger partial charge in [-0.2, -0.15) is 0 Å². The molecular weight excluding hydrogens is 488 g/mol. The molecule has 0 saturated carbocycles. The molecule has 3 amide bonds. The van der Waals surface area contributed by atoms with Crippen molar-refractivity contribution < 1.29 is 9.59 Å². The standard InChI is InChI=1S/C27H30N6O3S/c34-23-8-4-7-22-21-14-20(16-33(22)23)15-32(17-21)27(36)28-25-24(29-30-37-25)26(35)31-11-9-19(10-12-31)13-18-5-2-1-3-6-18/h1-8,19-21H,9-17H2,(H,28,36)/t20-,21+/m0/s1. The molecule has 3 aliphatic heterocycles. The van der Waals surface area contributed by atoms with Gasteiger partial charge < -0.3 is 14.4 Å². The van der Waals surface area contributed by atoms with E-state index in [1.165, 1.54) is 5.56 Å². The second-order valence-electron chi connectivity index (χ2n) is 10.4. The van der Waals surface area contributed by atoms with Crippen molar-refractivity contribution in [1.82, 2.24) is 24.0 Å². The monoisotopic (exact) mass is 518 g/mol. The number of nitrogens with one attached hydrogen (secondary N) is 1. The minimum atomic E-state index is -0.247. The van der Waals surface area contributed by atoms with E-state index >= 15 is 0 Å². The number of rotatable bonds is 4. The van der Waals surface area contributed by atoms with Crippen LogP contribution in [0.15, 0.2) is 53.3 Å². The Morgan fingerprint density at radius 3 is 2.59 bits per heavy atom. The van der Waals surface area contributed by atoms with Gasteiger partial charge >= 0.3 is 6.03 Å². The Balaban J connectivity index is 1.08. The van der Waals surface area contributed by atoms with Gasteiger partial charge in [0.05, 0.1) is 0 Å². The maximum atomic E-state index is 13.3. The number of nitrogens with zero attached hydrogens (tertiary/aromatic N) is 5. The lowest BCUT2D eigenvalue weighted by atomic mass is 9.83. The summed E-state index contributed by atoms with van der Waals surface area (Å²) >= 11 is 1.04. The number of piperidine rings is 2. The van der Waals surface area contributed by atoms with Crippen molar-refractivity contribution in [2.24, 2.45) is 11.8 Å². The summed E-state index contributed by atoms with van der Waals surface area (Å²) in [6.07, 6.45) is 3.89. The molecule has 2 bridgehead atoms. The Morgan fingerprint density at radius 2 is 1.78 bits per heavy atom. The highest BCUT2D eigenvalue weighted by atomic mass is 32.1. The lowest BCUT2D eigenvalue weighted by Gasteiger charge is -2.42. The van der Waals surface area contributed by atoms with Crippen molar-refractivity contribution in [3.05, 3.63) is 75.8 Å². The lowest BCUT2D eigenvalue weighted by molar-refractivity contribution is 0.0685. The SMILES string of the molecule is O=C(Nc1snnc1C(=O)N1CCC(Cc2ccccc2)CC1)N1C[C@@H]2C[C@H](C1)c1cccc(=O)n1C2. The summed E-state index contributed by atoms with van der Waals surface area (Å²) in [5.74, 6) is 0.740. The third kappa shape index (κ3) is 4.90. The first-order chi connectivity index (χ1) is 18.0. The van der Waals surface area contributed by atoms with Gasteiger partial charge in [-0.1, -0.05) is 40.9 Å². The molecule has 2 aromatic heterocycles. The van der Waals surface area contributed by atoms with Crippen LogP contribution in [0.1, 0.15) is 46.9 Å². The van der Waals surface area contributed by atoms with Gasteiger partial charge in [0.2, 0.25) is 0 Å². The smallest absolute Gasteiger partial charge is 0.322 e. The number of carbonyl (C=O) groups excluding carboxylic acids is 2. The molecule has 192 valence electrons. The molecule has 3 aromatic rings. The Hall–Kier alpha value is -3.53. The Labute approximate surface area is 219 Å². The average molecular weight is 519 g/mol. The highest BCUT2D eigenvalue weighted by Crippen LogP contribution is 2.35. The van der Waals surface area contributed by atoms with Crippen molar-refractivity contribution in [3.8, 4) is 0 Å². The number of hydrogen-bond donors (Lipinski definition) is 1. The molecule has 10 heteroatoms. The first-order valence-electron chi connectivity index (χ1n) is 13.0. The van der Waals surface area contributed by atoms with Gasteiger partial charge in [-0.3, -0.25) is 14.9 Å². The molecule has 0 unspecified atom stereocenters. The summed E-state index contributed by atoms with van der Waals surface area (Å²) in [4.78, 5) is 42.4. The number of urea groups is 1. The summed E-state index contributed by atoms with van der Waals surface area (Å²) in [6, 6.07) is 15.6. The van der Waals surface area contributed by atoms with E-state index in [0.717, 1.165) is 42.9 Å². The number of fused-ring (bicyclic) bond motifs is 4. The predicted molar refractivity (Wildman–Crippen MR) is 141 cm³/mol. The van der Waals surface area contributed by atoms with Crippen LogP contribution in [0, 0.1) is 11.8 Å². The quantitative estimate of drug-likeness (QED) is 0.570. The molecule has 2 saturated heterocycles. The maximum Gasteiger partial charge on any atom is 0.322 e. The first-order valence-corrected chi connectivity index (χ1v) is 13.7. The molecule has 0 radical (unpaired) electrons. The largest absolute Gasteiger partial charge is 0.337 e. The van der Waals surface area contributed by atoms with E-state index in [9.17, 15) is 14.4 Å². The van der Waals surface area contributed by atoms with E-state index in [4.69, 9.17) is 0 Å². The maximum absolute atomic E-state index is 13.3. The number of aromatic nitrogens is 3. The van der Waals surface area contributed by atoms with Crippen molar-refractivity contribution in [2.75, 3.05) is 31.5 Å². The highest BCUT2D eigenvalue weighted by molar-refractivity contribution is 7.10. The summed E-state index contributed by atoms with van der Waals surface area (Å²) < 4.78 is 5.82. The van der Waals surface area contributed by atoms with Crippen LogP contribution < -0.4 is 10.9 Å². The topological polar surface area (TPSA) is 100 Å². The summed E-state index contributed by atoms with van der Waals surface area (Å²) in [5.41, 5.74) is 2.56. The average Bonchev–Trinajstić information content (AvgIpc) is 3.38. The van der Waals surface area contributed by atoms with Gasteiger partial charge in [0.15, 0.2) is 10.7 Å². The zero-order chi connectivity index (χ0) is 25.4. The predicted octanol–water partition coefficient (Wildman–Crippen LogP) is 3.45. The molecule has 0 aliphatic carbocycles. The van der Waals surface area contributed by atoms with E-state index < -0.39 is 0 Å². The molecular formula is C27H30N6O3S. The fourth-order valence-electron chi connectivity index (χ4n) is 6.09. The molecule has 5 heterocycles. The minimum absolute atomic E-state index is 0.0214. The van der Waals surface area contributed by atoms with Gasteiger partial charge in [0, 0.05) is 61.9 Å². The van der Waals surface area contributed by atoms with Crippen LogP contribution in [-0.2, 0) is 13.0 Å². The van der Waals surface area contributed by atoms with E-state index in [-0.39, 0.29) is 35.0 Å². The summed E-state index contributed by atoms with van der Waals surface area (Å²) in [5, 5.41) is 7.39. The van der Waals surface area contributed by atoms with Crippen LogP contribution in [-0.4, -0.2) is 62.1 Å². The molecule has 6 rings (SSSR count). The zero-order valence-corrected chi connectivity index (χ0v) is 21.4. The Morgan fingerprint density at radius 1 is 0.973 bits per heavy atom. The van der Waals surface area contributed by atoms with E-state index in [0.29, 0.717) is 43.6 Å². The molecule has 2 fully saturated rings. The van der Waals surface area contributed by atoms with Gasteiger partial charge in [0.1, 0.15) is 0 Å². The van der Waals surface area contributed by atoms with Gasteiger partial charge in [-0.25, -0.2) is 4.79 Å². The number of amides is 3. The number of likely N-dealkylation sites (tertiary alicyclic amines) is 2. The lowest BCUT2D eigenvalue weighted by Crippen LogP contribution is -2.50. The van der Waals surface area contributed by atoms with Gasteiger partial charge in [0.25, 0.3) is 11.5 Å². The van der Waals surface area contributed by atoms with Crippen molar-refractivity contribution in [3.63, 3.8) is 0 Å². The number of hydrogen-bond acceptors (Lipinski definition) is 6. The normalized spacial score (nSPS) is 21.4. The zero-order valence-electron chi connectivity index (χ0n) is 20.6. The van der Waals surface area contributed by atoms with Crippen molar-refractivity contribution in [1.29, 1.82) is 0 Å². The summed E-state index contributed by atoms with van der Waals surface area (Å²) in [7, 11) is 0. The minimum Gasteiger partial charge on any atom is -0.337 e. The van der Waals surface area contributed by atoms with Gasteiger partial charge in [-0.05, 0) is 49.1 Å². The number of carbonyl (C=O) groups is 2. The second-order valence-corrected chi connectivity index (χ2v) is 11.2. The third-order valence-corrected chi connectivity index (χ3v) is 8.59. The second kappa shape index (κ2) is 10.1. The van der Waals surface area contributed by atoms with E-state index in [2.05, 4.69) is 39.2 Å². The number of benzene rings is 1. The van der Waals surface area contributed by atoms with Crippen LogP contribution in [0.2, 0.25) is 0 Å². The molecule has 1 aromatic carbocycles. The Kier molecular flexibility index (Phi) is 6.50. The van der Waals surface area contributed by atoms with Crippen LogP contribution in [0.4, 0.5) is 9.80 Å². The third-order valence-electron chi connectivity index (χ3n) is 7.95. The first kappa shape index (κ1) is 23.8. The van der Waals surface area contributed by atoms with Crippen LogP contribution in [0.25, 0.3) is 0 Å². The van der Waals surface area contributed by atoms with Crippen LogP contribution in [0.3, 0.4) is 0 Å². The highest BCUT2D eigenvalue weighted by Gasteiger charge is 2.37. The number of anilines is 1. The van der Waals surface area contributed by atoms with Crippen molar-refractivity contribution >= 4 is 28.5 Å². The van der Waals surface area contributed by atoms with Crippen molar-refractivity contribution in [2.45, 2.75) is 38.1 Å². The Bertz CT molecular complexity index is 1350. The number of pyridine rings is 1. The van der Waals surface area contributed by atoms with Crippen LogP contribution in [0.5, 0.6) is 0 Å². The fourth-order valence-corrected chi connectivity index (χ4v) is 6.64. The van der Waals surface area contributed by atoms with E-state index in [1.807, 2.05) is 21.6 Å². The van der Waals surface area contributed by atoms with Crippen LogP contribution >= 0.6 is 11.5 Å². The summed E-state index contributed by atoms with van der Waals surface area (Å²) in [6.45, 7) is 3.09. The molecule has 37 heavy (non-hydrogen) atoms. The molecule has 9 nitrogen and oxygen atoms in total. The molecule has 3 aliphatic rings.